The first-order valence-corrected chi connectivity index (χ1v) is 13.9. The lowest BCUT2D eigenvalue weighted by Gasteiger charge is -2.12. The molecule has 0 N–H and O–H groups in total. The average Bonchev–Trinajstić information content (AvgIpc) is 3.56. The van der Waals surface area contributed by atoms with Crippen LogP contribution in [0.4, 0.5) is 10.8 Å². The first kappa shape index (κ1) is 22.5. The van der Waals surface area contributed by atoms with Gasteiger partial charge in [-0.1, -0.05) is 29.5 Å². The van der Waals surface area contributed by atoms with Crippen LogP contribution in [0.25, 0.3) is 9.93 Å². The second-order valence-corrected chi connectivity index (χ2v) is 11.4. The second-order valence-electron chi connectivity index (χ2n) is 7.46. The number of nitrogens with zero attached hydrogens (tertiary/aromatic N) is 5. The van der Waals surface area contributed by atoms with Crippen molar-refractivity contribution < 1.29 is 9.36 Å². The highest BCUT2D eigenvalue weighted by atomic mass is 32.2. The van der Waals surface area contributed by atoms with E-state index in [1.165, 1.54) is 34.4 Å². The molecule has 11 heteroatoms. The van der Waals surface area contributed by atoms with E-state index in [1.807, 2.05) is 67.5 Å². The molecule has 0 saturated carbocycles. The smallest absolute Gasteiger partial charge is 0.367 e. The monoisotopic (exact) mass is 516 g/mol. The molecule has 2 fully saturated rings. The molecule has 0 unspecified atom stereocenters. The van der Waals surface area contributed by atoms with Crippen molar-refractivity contribution in [1.29, 1.82) is 0 Å². The number of amides is 1. The van der Waals surface area contributed by atoms with Gasteiger partial charge in [-0.25, -0.2) is 9.47 Å². The number of benzene rings is 1. The maximum absolute atomic E-state index is 13.8. The van der Waals surface area contributed by atoms with Crippen LogP contribution in [0.5, 0.6) is 0 Å². The zero-order valence-electron chi connectivity index (χ0n) is 18.3. The van der Waals surface area contributed by atoms with Crippen molar-refractivity contribution in [1.82, 2.24) is 9.47 Å². The van der Waals surface area contributed by atoms with Gasteiger partial charge in [0.25, 0.3) is 16.6 Å². The van der Waals surface area contributed by atoms with Crippen molar-refractivity contribution in [3.05, 3.63) is 61.5 Å². The third-order valence-electron chi connectivity index (χ3n) is 5.35. The average molecular weight is 517 g/mol. The number of rotatable bonds is 3. The zero-order valence-corrected chi connectivity index (χ0v) is 21.6. The molecular weight excluding hydrogens is 495 g/mol. The van der Waals surface area contributed by atoms with Gasteiger partial charge in [0.05, 0.1) is 17.8 Å². The Hall–Kier alpha value is -2.34. The van der Waals surface area contributed by atoms with E-state index >= 15 is 0 Å². The number of aliphatic imine (C=N–C) groups is 1. The van der Waals surface area contributed by atoms with Crippen LogP contribution in [-0.4, -0.2) is 39.9 Å². The van der Waals surface area contributed by atoms with Crippen LogP contribution in [-0.2, 0) is 18.4 Å². The predicted molar refractivity (Wildman–Crippen MR) is 140 cm³/mol. The van der Waals surface area contributed by atoms with Gasteiger partial charge in [-0.2, -0.15) is 0 Å². The quantitative estimate of drug-likeness (QED) is 0.499. The molecule has 4 heterocycles. The van der Waals surface area contributed by atoms with Crippen molar-refractivity contribution in [3.8, 4) is 0 Å². The fourth-order valence-electron chi connectivity index (χ4n) is 3.63. The van der Waals surface area contributed by atoms with Crippen LogP contribution < -0.4 is 24.2 Å². The molecule has 170 valence electrons. The van der Waals surface area contributed by atoms with Gasteiger partial charge >= 0.3 is 5.13 Å². The third kappa shape index (κ3) is 3.96. The predicted octanol–water partition coefficient (Wildman–Crippen LogP) is 2.14. The Labute approximate surface area is 207 Å². The lowest BCUT2D eigenvalue weighted by Crippen LogP contribution is -2.34. The van der Waals surface area contributed by atoms with Crippen LogP contribution in [0.2, 0.25) is 0 Å². The number of aromatic nitrogens is 2. The molecule has 2 aliphatic rings. The van der Waals surface area contributed by atoms with Gasteiger partial charge in [0.15, 0.2) is 0 Å². The molecule has 3 aromatic rings. The molecule has 0 spiro atoms. The van der Waals surface area contributed by atoms with Gasteiger partial charge in [-0.3, -0.25) is 14.2 Å². The summed E-state index contributed by atoms with van der Waals surface area (Å²) in [7, 11) is 3.94. The largest absolute Gasteiger partial charge is 0.384 e. The summed E-state index contributed by atoms with van der Waals surface area (Å²) in [5.41, 5.74) is 0.724. The number of amidine groups is 1. The molecule has 2 saturated heterocycles. The maximum Gasteiger partial charge on any atom is 0.384 e. The third-order valence-corrected chi connectivity index (χ3v) is 9.85. The highest BCUT2D eigenvalue weighted by molar-refractivity contribution is 8.23. The molecule has 7 nitrogen and oxygen atoms in total. The Morgan fingerprint density at radius 3 is 2.61 bits per heavy atom. The Bertz CT molecular complexity index is 1440. The highest BCUT2D eigenvalue weighted by Crippen LogP contribution is 2.36. The van der Waals surface area contributed by atoms with Gasteiger partial charge in [-0.15, -0.1) is 23.1 Å². The number of carbonyl (C=O) groups excluding carboxylic acids is 1. The number of anilines is 1. The van der Waals surface area contributed by atoms with Crippen molar-refractivity contribution in [2.75, 3.05) is 24.2 Å². The standard InChI is InChI=1S/C22H22N5O2S4/c1-4-26-17(28)15(19-24(2)10-12-30-19)32-20(26)16-18(29)27(14-8-6-5-7-9-14)22(33-16)23-21-25(3)11-13-31-21/h5-9,11,13H,4,10,12H2,1-3H3/q+1. The van der Waals surface area contributed by atoms with Gasteiger partial charge in [-0.05, 0) is 35.8 Å². The first-order valence-electron chi connectivity index (χ1n) is 10.4. The number of thioether (sulfide) groups is 2. The molecule has 2 aromatic heterocycles. The normalized spacial score (nSPS) is 21.1. The Kier molecular flexibility index (Phi) is 6.21. The van der Waals surface area contributed by atoms with E-state index in [1.54, 1.807) is 21.2 Å². The Morgan fingerprint density at radius 2 is 1.97 bits per heavy atom. The fraction of sp³-hybridized carbons (Fsp3) is 0.273. The first-order chi connectivity index (χ1) is 16.0. The van der Waals surface area contributed by atoms with Crippen LogP contribution in [0.15, 0.2) is 51.7 Å². The summed E-state index contributed by atoms with van der Waals surface area (Å²) in [6, 6.07) is 9.54. The summed E-state index contributed by atoms with van der Waals surface area (Å²) >= 11 is 5.96. The SMILES string of the molecule is CCn1c(=C2SC(=Nc3scc[n+]3C)N(c3ccccc3)C2=O)sc(=C2SCCN2C)c1=O. The summed E-state index contributed by atoms with van der Waals surface area (Å²) in [6.45, 7) is 3.36. The number of thiazole rings is 2. The highest BCUT2D eigenvalue weighted by Gasteiger charge is 2.40. The Balaban J connectivity index is 1.75. The molecule has 33 heavy (non-hydrogen) atoms. The molecule has 0 aliphatic carbocycles. The number of aryl methyl sites for hydroxylation is 1. The number of hydrogen-bond donors (Lipinski definition) is 0. The van der Waals surface area contributed by atoms with Crippen LogP contribution >= 0.6 is 46.2 Å². The summed E-state index contributed by atoms with van der Waals surface area (Å²) < 4.78 is 5.05. The fourth-order valence-corrected chi connectivity index (χ4v) is 8.17. The van der Waals surface area contributed by atoms with Crippen molar-refractivity contribution in [3.63, 3.8) is 0 Å². The molecule has 2 aliphatic heterocycles. The van der Waals surface area contributed by atoms with Gasteiger partial charge in [0.2, 0.25) is 0 Å². The maximum atomic E-state index is 13.8. The zero-order chi connectivity index (χ0) is 23.1. The van der Waals surface area contributed by atoms with Gasteiger partial charge in [0, 0.05) is 31.3 Å². The van der Waals surface area contributed by atoms with E-state index in [-0.39, 0.29) is 11.5 Å². The van der Waals surface area contributed by atoms with E-state index in [0.717, 1.165) is 28.1 Å². The minimum atomic E-state index is -0.156. The molecule has 0 radical (unpaired) electrons. The summed E-state index contributed by atoms with van der Waals surface area (Å²) in [5.74, 6) is 0.808. The Morgan fingerprint density at radius 1 is 1.18 bits per heavy atom. The second kappa shape index (κ2) is 9.13. The van der Waals surface area contributed by atoms with Crippen molar-refractivity contribution in [2.24, 2.45) is 12.0 Å². The van der Waals surface area contributed by atoms with Crippen LogP contribution in [0, 0.1) is 0 Å². The number of para-hydroxylation sites is 1. The lowest BCUT2D eigenvalue weighted by molar-refractivity contribution is -0.653. The minimum Gasteiger partial charge on any atom is -0.367 e. The summed E-state index contributed by atoms with van der Waals surface area (Å²) in [4.78, 5) is 36.2. The van der Waals surface area contributed by atoms with Gasteiger partial charge in [0.1, 0.15) is 20.3 Å². The molecule has 0 bridgehead atoms. The van der Waals surface area contributed by atoms with E-state index in [0.29, 0.717) is 25.8 Å². The summed E-state index contributed by atoms with van der Waals surface area (Å²) in [6.07, 6.45) is 1.94. The minimum absolute atomic E-state index is 0.0315. The van der Waals surface area contributed by atoms with E-state index in [2.05, 4.69) is 4.90 Å². The molecule has 0 atom stereocenters. The van der Waals surface area contributed by atoms with E-state index in [4.69, 9.17) is 4.99 Å². The van der Waals surface area contributed by atoms with E-state index < -0.39 is 0 Å². The lowest BCUT2D eigenvalue weighted by atomic mass is 10.3. The molecular formula is C22H22N5O2S4+. The number of hydrogen-bond acceptors (Lipinski definition) is 8. The van der Waals surface area contributed by atoms with Gasteiger partial charge < -0.3 is 4.90 Å². The van der Waals surface area contributed by atoms with Crippen LogP contribution in [0.3, 0.4) is 0 Å². The molecule has 5 rings (SSSR count). The van der Waals surface area contributed by atoms with E-state index in [9.17, 15) is 9.59 Å². The molecule has 1 amide bonds. The van der Waals surface area contributed by atoms with Crippen molar-refractivity contribution in [2.45, 2.75) is 13.5 Å². The summed E-state index contributed by atoms with van der Waals surface area (Å²) in [5, 5.41) is 4.34. The van der Waals surface area contributed by atoms with Crippen LogP contribution in [0.1, 0.15) is 6.92 Å². The molecule has 1 aromatic carbocycles. The topological polar surface area (TPSA) is 61.8 Å². The van der Waals surface area contributed by atoms with Crippen molar-refractivity contribution >= 4 is 78.0 Å². The number of carbonyl (C=O) groups is 1.